The smallest absolute Gasteiger partial charge is 0.133 e. The maximum absolute atomic E-state index is 11.2. The van der Waals surface area contributed by atoms with Crippen LogP contribution in [-0.4, -0.2) is 55.4 Å². The summed E-state index contributed by atoms with van der Waals surface area (Å²) in [5.41, 5.74) is 0. The van der Waals surface area contributed by atoms with Gasteiger partial charge in [-0.3, -0.25) is 4.90 Å². The molecule has 0 heterocycles. The van der Waals surface area contributed by atoms with Crippen molar-refractivity contribution in [1.82, 2.24) is 9.80 Å². The number of nitrogens with zero attached hydrogens (tertiary/aromatic N) is 2. The molecule has 0 spiro atoms. The molecule has 0 saturated heterocycles. The summed E-state index contributed by atoms with van der Waals surface area (Å²) in [5, 5.41) is 0. The van der Waals surface area contributed by atoms with Crippen LogP contribution in [0.4, 0.5) is 0 Å². The first kappa shape index (κ1) is 33.6. The molecule has 0 rings (SSSR count). The Hall–Kier alpha value is -0.410. The van der Waals surface area contributed by atoms with Crippen LogP contribution in [0.5, 0.6) is 0 Å². The summed E-state index contributed by atoms with van der Waals surface area (Å²) < 4.78 is 0. The zero-order chi connectivity index (χ0) is 25.0. The number of hydrogen-bond donors (Lipinski definition) is 0. The molecule has 0 atom stereocenters. The summed E-state index contributed by atoms with van der Waals surface area (Å²) in [4.78, 5) is 16.4. The Labute approximate surface area is 215 Å². The van der Waals surface area contributed by atoms with Crippen molar-refractivity contribution in [2.24, 2.45) is 0 Å². The highest BCUT2D eigenvalue weighted by Crippen LogP contribution is 2.11. The van der Waals surface area contributed by atoms with E-state index in [4.69, 9.17) is 0 Å². The Bertz CT molecular complexity index is 370. The van der Waals surface area contributed by atoms with Gasteiger partial charge in [-0.15, -0.1) is 0 Å². The third-order valence-corrected chi connectivity index (χ3v) is 7.30. The van der Waals surface area contributed by atoms with Crippen molar-refractivity contribution in [3.8, 4) is 0 Å². The predicted molar refractivity (Wildman–Crippen MR) is 153 cm³/mol. The Morgan fingerprint density at radius 2 is 0.676 bits per heavy atom. The number of rotatable bonds is 29. The highest BCUT2D eigenvalue weighted by molar-refractivity contribution is 5.51. The molecule has 0 aromatic heterocycles. The molecule has 0 radical (unpaired) electrons. The molecule has 0 aliphatic heterocycles. The predicted octanol–water partition coefficient (Wildman–Crippen LogP) is 9.04. The van der Waals surface area contributed by atoms with E-state index in [1.807, 2.05) is 0 Å². The number of carbonyl (C=O) groups is 1. The van der Waals surface area contributed by atoms with Crippen LogP contribution in [0.15, 0.2) is 0 Å². The first-order chi connectivity index (χ1) is 16.8. The zero-order valence-electron chi connectivity index (χ0n) is 24.0. The number of hydrogen-bond acceptors (Lipinski definition) is 3. The van der Waals surface area contributed by atoms with E-state index in [0.717, 1.165) is 25.9 Å². The lowest BCUT2D eigenvalue weighted by atomic mass is 10.1. The zero-order valence-corrected chi connectivity index (χ0v) is 24.0. The van der Waals surface area contributed by atoms with Crippen molar-refractivity contribution in [2.45, 2.75) is 156 Å². The minimum atomic E-state index is 0.610. The minimum absolute atomic E-state index is 0.610. The second-order valence-electron chi connectivity index (χ2n) is 10.7. The van der Waals surface area contributed by atoms with Crippen LogP contribution in [0, 0.1) is 0 Å². The van der Waals surface area contributed by atoms with Crippen LogP contribution in [0.25, 0.3) is 0 Å². The van der Waals surface area contributed by atoms with Crippen LogP contribution in [-0.2, 0) is 4.79 Å². The average Bonchev–Trinajstić information content (AvgIpc) is 2.84. The number of unbranched alkanes of at least 4 members (excludes halogenated alkanes) is 18. The number of carbonyl (C=O) groups excluding carboxylic acids is 1. The van der Waals surface area contributed by atoms with E-state index in [1.54, 1.807) is 0 Å². The maximum atomic E-state index is 11.2. The summed E-state index contributed by atoms with van der Waals surface area (Å²) >= 11 is 0. The van der Waals surface area contributed by atoms with E-state index in [-0.39, 0.29) is 0 Å². The Kier molecular flexibility index (Phi) is 28.5. The van der Waals surface area contributed by atoms with Crippen molar-refractivity contribution >= 4 is 6.29 Å². The molecule has 204 valence electrons. The quantitative estimate of drug-likeness (QED) is 0.0788. The van der Waals surface area contributed by atoms with Gasteiger partial charge in [0.05, 0.1) is 6.54 Å². The largest absolute Gasteiger partial charge is 0.302 e. The van der Waals surface area contributed by atoms with Gasteiger partial charge in [-0.25, -0.2) is 0 Å². The summed E-state index contributed by atoms with van der Waals surface area (Å²) in [6.45, 7) is 13.3. The first-order valence-corrected chi connectivity index (χ1v) is 15.7. The van der Waals surface area contributed by atoms with Gasteiger partial charge < -0.3 is 9.69 Å². The molecule has 0 aromatic carbocycles. The van der Waals surface area contributed by atoms with Crippen molar-refractivity contribution in [3.05, 3.63) is 0 Å². The molecule has 0 unspecified atom stereocenters. The summed E-state index contributed by atoms with van der Waals surface area (Å²) in [5.74, 6) is 0. The molecule has 0 aliphatic carbocycles. The van der Waals surface area contributed by atoms with E-state index < -0.39 is 0 Å². The molecule has 34 heavy (non-hydrogen) atoms. The number of aldehydes is 1. The monoisotopic (exact) mass is 481 g/mol. The molecule has 3 nitrogen and oxygen atoms in total. The average molecular weight is 481 g/mol. The molecular weight excluding hydrogens is 416 g/mol. The highest BCUT2D eigenvalue weighted by atomic mass is 16.1. The van der Waals surface area contributed by atoms with E-state index in [2.05, 4.69) is 30.6 Å². The molecule has 0 N–H and O–H groups in total. The van der Waals surface area contributed by atoms with E-state index in [0.29, 0.717) is 6.54 Å². The summed E-state index contributed by atoms with van der Waals surface area (Å²) in [6.07, 6.45) is 29.9. The van der Waals surface area contributed by atoms with Crippen LogP contribution >= 0.6 is 0 Å². The van der Waals surface area contributed by atoms with Crippen LogP contribution in [0.3, 0.4) is 0 Å². The fourth-order valence-corrected chi connectivity index (χ4v) is 4.90. The van der Waals surface area contributed by atoms with Crippen LogP contribution in [0.1, 0.15) is 156 Å². The van der Waals surface area contributed by atoms with Crippen molar-refractivity contribution in [1.29, 1.82) is 0 Å². The Morgan fingerprint density at radius 1 is 0.382 bits per heavy atom. The molecule has 0 amide bonds. The lowest BCUT2D eigenvalue weighted by Crippen LogP contribution is -2.37. The fraction of sp³-hybridized carbons (Fsp3) is 0.968. The molecular formula is C31H64N2O. The van der Waals surface area contributed by atoms with E-state index in [9.17, 15) is 4.79 Å². The van der Waals surface area contributed by atoms with Gasteiger partial charge >= 0.3 is 0 Å². The maximum Gasteiger partial charge on any atom is 0.133 e. The third kappa shape index (κ3) is 24.7. The van der Waals surface area contributed by atoms with E-state index in [1.165, 1.54) is 148 Å². The van der Waals surface area contributed by atoms with Gasteiger partial charge in [-0.05, 0) is 38.9 Å². The van der Waals surface area contributed by atoms with Gasteiger partial charge in [-0.2, -0.15) is 0 Å². The highest BCUT2D eigenvalue weighted by Gasteiger charge is 2.09. The van der Waals surface area contributed by atoms with Crippen molar-refractivity contribution < 1.29 is 4.79 Å². The SMILES string of the molecule is CCCCCCCCCN(CC=O)CCN(CCCCCCCCC)CCCCCCCCC. The van der Waals surface area contributed by atoms with Gasteiger partial charge in [0.15, 0.2) is 0 Å². The van der Waals surface area contributed by atoms with Crippen LogP contribution in [0.2, 0.25) is 0 Å². The fourth-order valence-electron chi connectivity index (χ4n) is 4.90. The first-order valence-electron chi connectivity index (χ1n) is 15.7. The lowest BCUT2D eigenvalue weighted by Gasteiger charge is -2.27. The molecule has 0 fully saturated rings. The Morgan fingerprint density at radius 3 is 1.03 bits per heavy atom. The Balaban J connectivity index is 4.24. The second-order valence-corrected chi connectivity index (χ2v) is 10.7. The van der Waals surface area contributed by atoms with Gasteiger partial charge in [-0.1, -0.05) is 136 Å². The summed E-state index contributed by atoms with van der Waals surface area (Å²) in [7, 11) is 0. The van der Waals surface area contributed by atoms with Gasteiger partial charge in [0.1, 0.15) is 6.29 Å². The molecule has 0 aliphatic rings. The molecule has 0 bridgehead atoms. The van der Waals surface area contributed by atoms with Crippen molar-refractivity contribution in [3.63, 3.8) is 0 Å². The van der Waals surface area contributed by atoms with Gasteiger partial charge in [0, 0.05) is 13.1 Å². The second kappa shape index (κ2) is 28.8. The molecule has 3 heteroatoms. The lowest BCUT2D eigenvalue weighted by molar-refractivity contribution is -0.108. The van der Waals surface area contributed by atoms with Crippen LogP contribution < -0.4 is 0 Å². The summed E-state index contributed by atoms with van der Waals surface area (Å²) in [6, 6.07) is 0. The van der Waals surface area contributed by atoms with Gasteiger partial charge in [0.2, 0.25) is 0 Å². The minimum Gasteiger partial charge on any atom is -0.302 e. The molecule has 0 aromatic rings. The van der Waals surface area contributed by atoms with E-state index >= 15 is 0 Å². The normalized spacial score (nSPS) is 11.7. The topological polar surface area (TPSA) is 23.6 Å². The molecule has 0 saturated carbocycles. The van der Waals surface area contributed by atoms with Gasteiger partial charge in [0.25, 0.3) is 0 Å². The van der Waals surface area contributed by atoms with Crippen molar-refractivity contribution in [2.75, 3.05) is 39.3 Å². The third-order valence-electron chi connectivity index (χ3n) is 7.30. The standard InChI is InChI=1S/C31H64N2O/c1-4-7-10-13-16-19-22-25-32(26-23-20-17-14-11-8-5-2)28-29-33(30-31-34)27-24-21-18-15-12-9-6-3/h31H,4-30H2,1-3H3.